The Morgan fingerprint density at radius 1 is 1.23 bits per heavy atom. The van der Waals surface area contributed by atoms with E-state index in [1.165, 1.54) is 16.9 Å². The van der Waals surface area contributed by atoms with Crippen LogP contribution in [0.25, 0.3) is 0 Å². The molecule has 0 atom stereocenters. The first-order chi connectivity index (χ1) is 12.4. The fourth-order valence-electron chi connectivity index (χ4n) is 2.48. The Bertz CT molecular complexity index is 738. The first kappa shape index (κ1) is 20.1. The zero-order chi connectivity index (χ0) is 19.1. The van der Waals surface area contributed by atoms with Gasteiger partial charge in [0.1, 0.15) is 6.54 Å². The van der Waals surface area contributed by atoms with Gasteiger partial charge < -0.3 is 10.2 Å². The summed E-state index contributed by atoms with van der Waals surface area (Å²) in [6, 6.07) is 7.61. The van der Waals surface area contributed by atoms with Gasteiger partial charge in [-0.2, -0.15) is 0 Å². The van der Waals surface area contributed by atoms with Gasteiger partial charge in [0.15, 0.2) is 5.13 Å². The van der Waals surface area contributed by atoms with E-state index in [1.807, 2.05) is 36.6 Å². The summed E-state index contributed by atoms with van der Waals surface area (Å²) >= 11 is 1.39. The summed E-state index contributed by atoms with van der Waals surface area (Å²) < 4.78 is 0. The largest absolute Gasteiger partial charge is 0.329 e. The molecule has 0 radical (unpaired) electrons. The summed E-state index contributed by atoms with van der Waals surface area (Å²) in [7, 11) is 0. The van der Waals surface area contributed by atoms with Crippen molar-refractivity contribution in [2.45, 2.75) is 40.5 Å². The van der Waals surface area contributed by atoms with Crippen LogP contribution in [0.1, 0.15) is 48.8 Å². The van der Waals surface area contributed by atoms with Crippen molar-refractivity contribution in [2.24, 2.45) is 5.92 Å². The number of nitrogens with zero attached hydrogens (tertiary/aromatic N) is 2. The molecule has 1 aromatic carbocycles. The molecular weight excluding hydrogens is 346 g/mol. The van der Waals surface area contributed by atoms with E-state index in [9.17, 15) is 9.59 Å². The van der Waals surface area contributed by atoms with Crippen LogP contribution < -0.4 is 5.32 Å². The molecule has 0 saturated carbocycles. The third kappa shape index (κ3) is 5.95. The molecule has 1 heterocycles. The molecule has 140 valence electrons. The zero-order valence-electron chi connectivity index (χ0n) is 15.9. The summed E-state index contributed by atoms with van der Waals surface area (Å²) in [4.78, 5) is 31.1. The minimum Gasteiger partial charge on any atom is -0.329 e. The minimum absolute atomic E-state index is 0.0275. The number of nitrogens with one attached hydrogen (secondary N) is 1. The fraction of sp³-hybridized carbons (Fsp3) is 0.450. The molecule has 1 aromatic heterocycles. The molecule has 0 fully saturated rings. The first-order valence-corrected chi connectivity index (χ1v) is 9.87. The lowest BCUT2D eigenvalue weighted by Gasteiger charge is -2.23. The highest BCUT2D eigenvalue weighted by molar-refractivity contribution is 7.13. The highest BCUT2D eigenvalue weighted by atomic mass is 32.1. The maximum atomic E-state index is 12.9. The molecule has 5 nitrogen and oxygen atoms in total. The van der Waals surface area contributed by atoms with Crippen LogP contribution in [-0.4, -0.2) is 34.8 Å². The predicted octanol–water partition coefficient (Wildman–Crippen LogP) is 4.14. The van der Waals surface area contributed by atoms with Gasteiger partial charge in [0.05, 0.1) is 5.69 Å². The van der Waals surface area contributed by atoms with E-state index in [-0.39, 0.29) is 18.4 Å². The molecule has 2 rings (SSSR count). The topological polar surface area (TPSA) is 62.3 Å². The number of benzene rings is 1. The number of anilines is 1. The van der Waals surface area contributed by atoms with Gasteiger partial charge in [-0.25, -0.2) is 4.98 Å². The van der Waals surface area contributed by atoms with Crippen molar-refractivity contribution >= 4 is 28.3 Å². The lowest BCUT2D eigenvalue weighted by molar-refractivity contribution is -0.116. The molecule has 2 aromatic rings. The lowest BCUT2D eigenvalue weighted by atomic mass is 10.1. The first-order valence-electron chi connectivity index (χ1n) is 8.99. The number of carbonyl (C=O) groups excluding carboxylic acids is 2. The number of amides is 2. The van der Waals surface area contributed by atoms with Crippen LogP contribution in [0.5, 0.6) is 0 Å². The average molecular weight is 374 g/mol. The van der Waals surface area contributed by atoms with Crippen molar-refractivity contribution in [1.29, 1.82) is 0 Å². The second-order valence-electron chi connectivity index (χ2n) is 6.80. The second-order valence-corrected chi connectivity index (χ2v) is 7.66. The quantitative estimate of drug-likeness (QED) is 0.756. The average Bonchev–Trinajstić information content (AvgIpc) is 3.02. The number of hydrogen-bond donors (Lipinski definition) is 1. The monoisotopic (exact) mass is 373 g/mol. The summed E-state index contributed by atoms with van der Waals surface area (Å²) in [5, 5.41) is 5.23. The molecular formula is C20H27N3O2S. The van der Waals surface area contributed by atoms with Crippen molar-refractivity contribution in [3.8, 4) is 0 Å². The van der Waals surface area contributed by atoms with Gasteiger partial charge >= 0.3 is 0 Å². The van der Waals surface area contributed by atoms with E-state index < -0.39 is 0 Å². The van der Waals surface area contributed by atoms with Gasteiger partial charge in [-0.1, -0.05) is 32.9 Å². The van der Waals surface area contributed by atoms with E-state index in [0.717, 1.165) is 18.5 Å². The van der Waals surface area contributed by atoms with Crippen molar-refractivity contribution < 1.29 is 9.59 Å². The van der Waals surface area contributed by atoms with Crippen LogP contribution in [0.3, 0.4) is 0 Å². The number of thiazole rings is 1. The maximum Gasteiger partial charge on any atom is 0.254 e. The Kier molecular flexibility index (Phi) is 7.33. The molecule has 26 heavy (non-hydrogen) atoms. The van der Waals surface area contributed by atoms with Crippen molar-refractivity contribution in [2.75, 3.05) is 18.4 Å². The lowest BCUT2D eigenvalue weighted by Crippen LogP contribution is -2.39. The van der Waals surface area contributed by atoms with Crippen LogP contribution in [0.2, 0.25) is 0 Å². The zero-order valence-corrected chi connectivity index (χ0v) is 16.7. The summed E-state index contributed by atoms with van der Waals surface area (Å²) in [6.45, 7) is 8.76. The van der Waals surface area contributed by atoms with Crippen molar-refractivity contribution in [3.63, 3.8) is 0 Å². The fourth-order valence-corrected chi connectivity index (χ4v) is 3.18. The van der Waals surface area contributed by atoms with Crippen molar-refractivity contribution in [1.82, 2.24) is 9.88 Å². The van der Waals surface area contributed by atoms with Gasteiger partial charge in [0.2, 0.25) is 5.91 Å². The highest BCUT2D eigenvalue weighted by Crippen LogP contribution is 2.15. The number of aromatic nitrogens is 1. The number of rotatable bonds is 8. The Hall–Kier alpha value is -2.21. The molecule has 0 aliphatic carbocycles. The minimum atomic E-state index is -0.221. The molecule has 1 N–H and O–H groups in total. The Balaban J connectivity index is 2.07. The van der Waals surface area contributed by atoms with Crippen LogP contribution in [0.4, 0.5) is 5.13 Å². The Morgan fingerprint density at radius 3 is 2.46 bits per heavy atom. The van der Waals surface area contributed by atoms with Crippen LogP contribution in [0.15, 0.2) is 29.6 Å². The van der Waals surface area contributed by atoms with Gasteiger partial charge in [-0.3, -0.25) is 9.59 Å². The highest BCUT2D eigenvalue weighted by Gasteiger charge is 2.19. The summed E-state index contributed by atoms with van der Waals surface area (Å²) in [5.41, 5.74) is 2.67. The van der Waals surface area contributed by atoms with E-state index in [2.05, 4.69) is 31.1 Å². The molecule has 0 unspecified atom stereocenters. The van der Waals surface area contributed by atoms with Gasteiger partial charge in [-0.15, -0.1) is 11.3 Å². The number of aryl methyl sites for hydroxylation is 2. The molecule has 0 aliphatic heterocycles. The van der Waals surface area contributed by atoms with Crippen LogP contribution in [0, 0.1) is 12.8 Å². The standard InChI is InChI=1S/C20H27N3O2S/c1-5-16-6-8-17(9-7-16)19(25)23(11-10-14(2)3)12-18(24)22-20-21-15(4)13-26-20/h6-9,13-14H,5,10-12H2,1-4H3,(H,21,22,24). The smallest absolute Gasteiger partial charge is 0.254 e. The number of hydrogen-bond acceptors (Lipinski definition) is 4. The molecule has 0 aliphatic rings. The third-order valence-corrected chi connectivity index (χ3v) is 4.95. The van der Waals surface area contributed by atoms with E-state index in [0.29, 0.717) is 23.2 Å². The maximum absolute atomic E-state index is 12.9. The van der Waals surface area contributed by atoms with Gasteiger partial charge in [0.25, 0.3) is 5.91 Å². The second kappa shape index (κ2) is 9.48. The number of carbonyl (C=O) groups is 2. The van der Waals surface area contributed by atoms with Gasteiger partial charge in [-0.05, 0) is 43.4 Å². The van der Waals surface area contributed by atoms with Crippen LogP contribution >= 0.6 is 11.3 Å². The van der Waals surface area contributed by atoms with Gasteiger partial charge in [0, 0.05) is 17.5 Å². The molecule has 6 heteroatoms. The SMILES string of the molecule is CCc1ccc(C(=O)N(CCC(C)C)CC(=O)Nc2nc(C)cs2)cc1. The third-order valence-electron chi connectivity index (χ3n) is 4.07. The van der Waals surface area contributed by atoms with E-state index >= 15 is 0 Å². The Morgan fingerprint density at radius 2 is 1.92 bits per heavy atom. The van der Waals surface area contributed by atoms with E-state index in [1.54, 1.807) is 4.90 Å². The van der Waals surface area contributed by atoms with Crippen molar-refractivity contribution in [3.05, 3.63) is 46.5 Å². The predicted molar refractivity (Wildman–Crippen MR) is 107 cm³/mol. The molecule has 0 saturated heterocycles. The molecule has 2 amide bonds. The molecule has 0 spiro atoms. The Labute approximate surface area is 159 Å². The normalized spacial score (nSPS) is 10.8. The van der Waals surface area contributed by atoms with Crippen LogP contribution in [-0.2, 0) is 11.2 Å². The summed E-state index contributed by atoms with van der Waals surface area (Å²) in [6.07, 6.45) is 1.78. The van der Waals surface area contributed by atoms with E-state index in [4.69, 9.17) is 0 Å². The summed E-state index contributed by atoms with van der Waals surface area (Å²) in [5.74, 6) is 0.123. The molecule has 0 bridgehead atoms.